The molecule has 1 aliphatic heterocycles. The van der Waals surface area contributed by atoms with Crippen molar-refractivity contribution in [2.24, 2.45) is 0 Å². The van der Waals surface area contributed by atoms with Gasteiger partial charge in [-0.05, 0) is 43.0 Å². The molecule has 22 heavy (non-hydrogen) atoms. The fourth-order valence-electron chi connectivity index (χ4n) is 2.78. The second-order valence-electron chi connectivity index (χ2n) is 5.12. The van der Waals surface area contributed by atoms with Crippen LogP contribution in [0.1, 0.15) is 18.1 Å². The first-order chi connectivity index (χ1) is 10.7. The molecule has 4 heteroatoms. The van der Waals surface area contributed by atoms with Gasteiger partial charge < -0.3 is 4.74 Å². The number of rotatable bonds is 1. The number of hydrogen-bond donors (Lipinski definition) is 0. The highest BCUT2D eigenvalue weighted by Gasteiger charge is 2.30. The van der Waals surface area contributed by atoms with E-state index in [0.29, 0.717) is 0 Å². The molecule has 0 bridgehead atoms. The molecule has 0 unspecified atom stereocenters. The molecule has 0 radical (unpaired) electrons. The van der Waals surface area contributed by atoms with Gasteiger partial charge in [0, 0.05) is 0 Å². The van der Waals surface area contributed by atoms with E-state index in [9.17, 15) is 9.59 Å². The van der Waals surface area contributed by atoms with E-state index in [-0.39, 0.29) is 6.61 Å². The van der Waals surface area contributed by atoms with Gasteiger partial charge in [0.2, 0.25) is 0 Å². The summed E-state index contributed by atoms with van der Waals surface area (Å²) >= 11 is 0. The van der Waals surface area contributed by atoms with Gasteiger partial charge in [0.25, 0.3) is 0 Å². The van der Waals surface area contributed by atoms with Crippen LogP contribution < -0.4 is 4.90 Å². The first kappa shape index (κ1) is 14.3. The van der Waals surface area contributed by atoms with Crippen molar-refractivity contribution in [1.82, 2.24) is 0 Å². The number of nitrogens with zero attached hydrogens (tertiary/aromatic N) is 1. The molecule has 112 valence electrons. The number of fused-ring (bicyclic) bond motifs is 2. The zero-order valence-electron chi connectivity index (χ0n) is 12.4. The SMILES string of the molecule is CCOC(=O)C(=O)N1c2ccccc2CCc2ccccc21. The Labute approximate surface area is 129 Å². The molecule has 0 aliphatic carbocycles. The van der Waals surface area contributed by atoms with Gasteiger partial charge in [0.1, 0.15) is 0 Å². The molecule has 4 nitrogen and oxygen atoms in total. The van der Waals surface area contributed by atoms with Gasteiger partial charge in [-0.3, -0.25) is 9.69 Å². The third kappa shape index (κ3) is 2.48. The van der Waals surface area contributed by atoms with E-state index in [0.717, 1.165) is 35.3 Å². The van der Waals surface area contributed by atoms with E-state index >= 15 is 0 Å². The predicted molar refractivity (Wildman–Crippen MR) is 84.1 cm³/mol. The highest BCUT2D eigenvalue weighted by molar-refractivity contribution is 6.40. The molecule has 3 rings (SSSR count). The summed E-state index contributed by atoms with van der Waals surface area (Å²) in [6.07, 6.45) is 1.67. The Kier molecular flexibility index (Phi) is 3.92. The second kappa shape index (κ2) is 6.02. The maximum atomic E-state index is 12.6. The molecule has 0 saturated carbocycles. The standard InChI is InChI=1S/C18H17NO3/c1-2-22-18(21)17(20)19-15-9-5-3-7-13(15)11-12-14-8-4-6-10-16(14)19/h3-10H,2,11-12H2,1H3. The number of esters is 1. The molecular weight excluding hydrogens is 278 g/mol. The molecule has 0 fully saturated rings. The van der Waals surface area contributed by atoms with E-state index in [2.05, 4.69) is 0 Å². The van der Waals surface area contributed by atoms with Crippen LogP contribution in [0.4, 0.5) is 11.4 Å². The van der Waals surface area contributed by atoms with Crippen molar-refractivity contribution in [3.8, 4) is 0 Å². The minimum atomic E-state index is -0.825. The van der Waals surface area contributed by atoms with Gasteiger partial charge in [-0.25, -0.2) is 4.79 Å². The number of amides is 1. The Morgan fingerprint density at radius 1 is 0.955 bits per heavy atom. The lowest BCUT2D eigenvalue weighted by Gasteiger charge is -2.23. The van der Waals surface area contributed by atoms with Gasteiger partial charge in [-0.15, -0.1) is 0 Å². The van der Waals surface area contributed by atoms with Crippen molar-refractivity contribution in [2.45, 2.75) is 19.8 Å². The molecule has 0 spiro atoms. The monoisotopic (exact) mass is 295 g/mol. The van der Waals surface area contributed by atoms with Crippen molar-refractivity contribution in [2.75, 3.05) is 11.5 Å². The lowest BCUT2D eigenvalue weighted by molar-refractivity contribution is -0.152. The third-order valence-corrected chi connectivity index (χ3v) is 3.78. The molecular formula is C18H17NO3. The van der Waals surface area contributed by atoms with Crippen molar-refractivity contribution >= 4 is 23.3 Å². The molecule has 0 aromatic heterocycles. The van der Waals surface area contributed by atoms with Crippen LogP contribution in [-0.4, -0.2) is 18.5 Å². The van der Waals surface area contributed by atoms with E-state index < -0.39 is 11.9 Å². The second-order valence-corrected chi connectivity index (χ2v) is 5.12. The lowest BCUT2D eigenvalue weighted by atomic mass is 10.0. The lowest BCUT2D eigenvalue weighted by Crippen LogP contribution is -2.34. The summed E-state index contributed by atoms with van der Waals surface area (Å²) in [6, 6.07) is 15.4. The van der Waals surface area contributed by atoms with E-state index in [1.807, 2.05) is 48.5 Å². The van der Waals surface area contributed by atoms with Gasteiger partial charge in [0.05, 0.1) is 18.0 Å². The normalized spacial score (nSPS) is 12.9. The smallest absolute Gasteiger partial charge is 0.397 e. The highest BCUT2D eigenvalue weighted by atomic mass is 16.5. The first-order valence-electron chi connectivity index (χ1n) is 7.39. The summed E-state index contributed by atoms with van der Waals surface area (Å²) in [6.45, 7) is 1.87. The number of ether oxygens (including phenoxy) is 1. The van der Waals surface area contributed by atoms with Gasteiger partial charge in [-0.2, -0.15) is 0 Å². The van der Waals surface area contributed by atoms with Gasteiger partial charge in [0.15, 0.2) is 0 Å². The minimum absolute atomic E-state index is 0.182. The molecule has 1 heterocycles. The summed E-state index contributed by atoms with van der Waals surface area (Å²) < 4.78 is 4.90. The van der Waals surface area contributed by atoms with Crippen LogP contribution in [0.25, 0.3) is 0 Å². The summed E-state index contributed by atoms with van der Waals surface area (Å²) in [7, 11) is 0. The number of aryl methyl sites for hydroxylation is 2. The number of carbonyl (C=O) groups excluding carboxylic acids is 2. The van der Waals surface area contributed by atoms with E-state index in [1.54, 1.807) is 6.92 Å². The maximum absolute atomic E-state index is 12.6. The number of benzene rings is 2. The fourth-order valence-corrected chi connectivity index (χ4v) is 2.78. The third-order valence-electron chi connectivity index (χ3n) is 3.78. The Balaban J connectivity index is 2.14. The largest absolute Gasteiger partial charge is 0.459 e. The zero-order chi connectivity index (χ0) is 15.5. The van der Waals surface area contributed by atoms with Crippen LogP contribution in [0, 0.1) is 0 Å². The minimum Gasteiger partial charge on any atom is -0.459 e. The van der Waals surface area contributed by atoms with Gasteiger partial charge in [-0.1, -0.05) is 36.4 Å². The summed E-state index contributed by atoms with van der Waals surface area (Å²) in [5, 5.41) is 0. The quantitative estimate of drug-likeness (QED) is 0.600. The number of carbonyl (C=O) groups is 2. The van der Waals surface area contributed by atoms with Crippen molar-refractivity contribution < 1.29 is 14.3 Å². The maximum Gasteiger partial charge on any atom is 0.397 e. The summed E-state index contributed by atoms with van der Waals surface area (Å²) in [4.78, 5) is 26.1. The van der Waals surface area contributed by atoms with Crippen LogP contribution in [0.15, 0.2) is 48.5 Å². The average molecular weight is 295 g/mol. The van der Waals surface area contributed by atoms with Crippen LogP contribution >= 0.6 is 0 Å². The predicted octanol–water partition coefficient (Wildman–Crippen LogP) is 3.01. The Hall–Kier alpha value is -2.62. The molecule has 0 saturated heterocycles. The Morgan fingerprint density at radius 3 is 1.95 bits per heavy atom. The zero-order valence-corrected chi connectivity index (χ0v) is 12.4. The van der Waals surface area contributed by atoms with Crippen molar-refractivity contribution in [3.05, 3.63) is 59.7 Å². The molecule has 1 amide bonds. The fraction of sp³-hybridized carbons (Fsp3) is 0.222. The molecule has 2 aromatic carbocycles. The molecule has 1 aliphatic rings. The topological polar surface area (TPSA) is 46.6 Å². The Bertz CT molecular complexity index is 676. The van der Waals surface area contributed by atoms with Gasteiger partial charge >= 0.3 is 11.9 Å². The van der Waals surface area contributed by atoms with Crippen LogP contribution in [-0.2, 0) is 27.2 Å². The highest BCUT2D eigenvalue weighted by Crippen LogP contribution is 2.36. The summed E-state index contributed by atoms with van der Waals surface area (Å²) in [5.74, 6) is -1.47. The Morgan fingerprint density at radius 2 is 1.45 bits per heavy atom. The number of para-hydroxylation sites is 2. The van der Waals surface area contributed by atoms with Crippen LogP contribution in [0.2, 0.25) is 0 Å². The average Bonchev–Trinajstić information content (AvgIpc) is 2.71. The van der Waals surface area contributed by atoms with E-state index in [4.69, 9.17) is 4.74 Å². The number of anilines is 2. The molecule has 0 atom stereocenters. The van der Waals surface area contributed by atoms with Crippen molar-refractivity contribution in [3.63, 3.8) is 0 Å². The molecule has 2 aromatic rings. The van der Waals surface area contributed by atoms with E-state index in [1.165, 1.54) is 4.90 Å². The molecule has 0 N–H and O–H groups in total. The van der Waals surface area contributed by atoms with Crippen LogP contribution in [0.3, 0.4) is 0 Å². The van der Waals surface area contributed by atoms with Crippen LogP contribution in [0.5, 0.6) is 0 Å². The van der Waals surface area contributed by atoms with Crippen molar-refractivity contribution in [1.29, 1.82) is 0 Å². The number of hydrogen-bond acceptors (Lipinski definition) is 3. The summed E-state index contributed by atoms with van der Waals surface area (Å²) in [5.41, 5.74) is 3.61. The first-order valence-corrected chi connectivity index (χ1v) is 7.39.